The highest BCUT2D eigenvalue weighted by atomic mass is 35.5. The first-order chi connectivity index (χ1) is 18.5. The van der Waals surface area contributed by atoms with Gasteiger partial charge in [0, 0.05) is 61.0 Å². The molecule has 1 atom stereocenters. The van der Waals surface area contributed by atoms with Crippen LogP contribution in [0, 0.1) is 6.92 Å². The van der Waals surface area contributed by atoms with E-state index in [9.17, 15) is 4.79 Å². The largest absolute Gasteiger partial charge is 0.454 e. The fourth-order valence-electron chi connectivity index (χ4n) is 5.20. The summed E-state index contributed by atoms with van der Waals surface area (Å²) in [5.74, 6) is 1.87. The van der Waals surface area contributed by atoms with Crippen molar-refractivity contribution < 1.29 is 14.2 Å². The van der Waals surface area contributed by atoms with Gasteiger partial charge >= 0.3 is 0 Å². The van der Waals surface area contributed by atoms with Gasteiger partial charge in [-0.2, -0.15) is 0 Å². The molecule has 4 heterocycles. The average molecular weight is 538 g/mol. The fraction of sp³-hybridized carbons (Fsp3) is 0.385. The van der Waals surface area contributed by atoms with Gasteiger partial charge in [0.15, 0.2) is 17.3 Å². The van der Waals surface area contributed by atoms with Crippen LogP contribution in [0.1, 0.15) is 23.0 Å². The van der Waals surface area contributed by atoms with Crippen LogP contribution < -0.4 is 19.9 Å². The highest BCUT2D eigenvalue weighted by Gasteiger charge is 2.33. The predicted molar refractivity (Wildman–Crippen MR) is 142 cm³/mol. The summed E-state index contributed by atoms with van der Waals surface area (Å²) < 4.78 is 18.0. The average Bonchev–Trinajstić information content (AvgIpc) is 3.58. The number of H-pyrrole nitrogens is 1. The molecule has 6 rings (SSSR count). The van der Waals surface area contributed by atoms with E-state index in [0.717, 1.165) is 24.2 Å². The van der Waals surface area contributed by atoms with Gasteiger partial charge in [0.05, 0.1) is 18.7 Å². The summed E-state index contributed by atoms with van der Waals surface area (Å²) in [5, 5.41) is 14.1. The van der Waals surface area contributed by atoms with Gasteiger partial charge in [-0.1, -0.05) is 17.7 Å². The number of rotatable bonds is 7. The van der Waals surface area contributed by atoms with Crippen molar-refractivity contribution in [1.29, 1.82) is 0 Å². The monoisotopic (exact) mass is 537 g/mol. The van der Waals surface area contributed by atoms with Crippen LogP contribution in [-0.2, 0) is 11.3 Å². The van der Waals surface area contributed by atoms with E-state index < -0.39 is 6.04 Å². The second-order valence-electron chi connectivity index (χ2n) is 9.46. The van der Waals surface area contributed by atoms with Crippen LogP contribution in [0.2, 0.25) is 5.02 Å². The van der Waals surface area contributed by atoms with Gasteiger partial charge in [0.25, 0.3) is 5.56 Å². The fourth-order valence-corrected chi connectivity index (χ4v) is 5.37. The summed E-state index contributed by atoms with van der Waals surface area (Å²) in [5.41, 5.74) is 3.35. The minimum atomic E-state index is -0.456. The molecule has 1 fully saturated rings. The van der Waals surface area contributed by atoms with Crippen LogP contribution in [0.15, 0.2) is 41.2 Å². The van der Waals surface area contributed by atoms with Gasteiger partial charge in [-0.3, -0.25) is 9.69 Å². The molecule has 12 heteroatoms. The molecule has 198 valence electrons. The second-order valence-corrected chi connectivity index (χ2v) is 9.89. The smallest absolute Gasteiger partial charge is 0.253 e. The van der Waals surface area contributed by atoms with Gasteiger partial charge in [0.1, 0.15) is 6.04 Å². The van der Waals surface area contributed by atoms with Crippen LogP contribution in [0.4, 0.5) is 5.69 Å². The number of hydrogen-bond acceptors (Lipinski definition) is 9. The third-order valence-electron chi connectivity index (χ3n) is 7.16. The number of pyridine rings is 1. The molecule has 2 aliphatic heterocycles. The van der Waals surface area contributed by atoms with Crippen molar-refractivity contribution in [3.63, 3.8) is 0 Å². The number of hydrogen-bond donors (Lipinski definition) is 1. The van der Waals surface area contributed by atoms with E-state index >= 15 is 0 Å². The molecule has 0 saturated carbocycles. The van der Waals surface area contributed by atoms with E-state index in [1.165, 1.54) is 5.56 Å². The Labute approximate surface area is 223 Å². The Kier molecular flexibility index (Phi) is 6.64. The molecule has 4 aromatic rings. The van der Waals surface area contributed by atoms with Crippen molar-refractivity contribution >= 4 is 28.2 Å². The number of aromatic nitrogens is 5. The summed E-state index contributed by atoms with van der Waals surface area (Å²) in [4.78, 5) is 21.1. The molecule has 2 aliphatic rings. The van der Waals surface area contributed by atoms with E-state index in [1.54, 1.807) is 17.9 Å². The number of nitrogens with one attached hydrogen (secondary N) is 1. The van der Waals surface area contributed by atoms with Crippen LogP contribution in [0.25, 0.3) is 10.9 Å². The lowest BCUT2D eigenvalue weighted by Crippen LogP contribution is -2.49. The Balaban J connectivity index is 1.38. The minimum Gasteiger partial charge on any atom is -0.454 e. The molecular weight excluding hydrogens is 510 g/mol. The number of tetrazole rings is 1. The van der Waals surface area contributed by atoms with Crippen LogP contribution >= 0.6 is 11.6 Å². The maximum Gasteiger partial charge on any atom is 0.253 e. The van der Waals surface area contributed by atoms with Gasteiger partial charge < -0.3 is 24.1 Å². The Morgan fingerprint density at radius 2 is 1.89 bits per heavy atom. The number of aryl methyl sites for hydroxylation is 1. The number of anilines is 1. The number of nitrogens with zero attached hydrogens (tertiary/aromatic N) is 6. The van der Waals surface area contributed by atoms with E-state index in [0.29, 0.717) is 59.7 Å². The van der Waals surface area contributed by atoms with E-state index in [4.69, 9.17) is 25.8 Å². The van der Waals surface area contributed by atoms with Gasteiger partial charge in [-0.05, 0) is 47.2 Å². The molecule has 0 aliphatic carbocycles. The standard InChI is InChI=1S/C26H28ClN7O4/c1-16-3-4-18(27)13-21(16)32-5-7-33(8-6-32)24(25-29-30-31-34(25)9-10-36-2)19-11-17-12-22-23(38-15-37-22)14-20(17)28-26(19)35/h3-4,11-14,24H,5-10,15H2,1-2H3,(H,28,35). The molecule has 2 aromatic heterocycles. The van der Waals surface area contributed by atoms with Gasteiger partial charge in [-0.25, -0.2) is 4.68 Å². The third-order valence-corrected chi connectivity index (χ3v) is 7.40. The zero-order chi connectivity index (χ0) is 26.2. The zero-order valence-corrected chi connectivity index (χ0v) is 21.9. The molecule has 0 radical (unpaired) electrons. The van der Waals surface area contributed by atoms with Crippen LogP contribution in [0.3, 0.4) is 0 Å². The third kappa shape index (κ3) is 4.57. The first-order valence-electron chi connectivity index (χ1n) is 12.5. The number of piperazine rings is 1. The number of fused-ring (bicyclic) bond motifs is 2. The second kappa shape index (κ2) is 10.2. The van der Waals surface area contributed by atoms with E-state index in [-0.39, 0.29) is 12.4 Å². The maximum atomic E-state index is 13.5. The van der Waals surface area contributed by atoms with E-state index in [2.05, 4.69) is 37.2 Å². The number of aromatic amines is 1. The number of methoxy groups -OCH3 is 1. The first kappa shape index (κ1) is 24.7. The summed E-state index contributed by atoms with van der Waals surface area (Å²) in [6, 6.07) is 11.1. The first-order valence-corrected chi connectivity index (χ1v) is 12.9. The molecule has 1 N–H and O–H groups in total. The molecule has 11 nitrogen and oxygen atoms in total. The minimum absolute atomic E-state index is 0.163. The van der Waals surface area contributed by atoms with Crippen molar-refractivity contribution in [2.45, 2.75) is 19.5 Å². The SMILES string of the molecule is COCCn1nnnc1C(c1cc2cc3c(cc2[nH]c1=O)OCO3)N1CCN(c2cc(Cl)ccc2C)CC1. The predicted octanol–water partition coefficient (Wildman–Crippen LogP) is 2.76. The molecule has 0 spiro atoms. The molecule has 2 aromatic carbocycles. The lowest BCUT2D eigenvalue weighted by molar-refractivity contribution is 0.171. The van der Waals surface area contributed by atoms with Gasteiger partial charge in [0.2, 0.25) is 6.79 Å². The number of halogens is 1. The van der Waals surface area contributed by atoms with Crippen molar-refractivity contribution in [2.75, 3.05) is 51.6 Å². The summed E-state index contributed by atoms with van der Waals surface area (Å²) in [6.07, 6.45) is 0. The molecule has 0 bridgehead atoms. The van der Waals surface area contributed by atoms with Crippen molar-refractivity contribution in [3.8, 4) is 11.5 Å². The Morgan fingerprint density at radius 1 is 1.11 bits per heavy atom. The topological polar surface area (TPSA) is 111 Å². The van der Waals surface area contributed by atoms with Crippen LogP contribution in [0.5, 0.6) is 11.5 Å². The maximum absolute atomic E-state index is 13.5. The van der Waals surface area contributed by atoms with Crippen molar-refractivity contribution in [1.82, 2.24) is 30.1 Å². The van der Waals surface area contributed by atoms with Crippen molar-refractivity contribution in [3.05, 3.63) is 68.7 Å². The Hall–Kier alpha value is -3.67. The van der Waals surface area contributed by atoms with Crippen LogP contribution in [-0.4, -0.2) is 76.8 Å². The zero-order valence-electron chi connectivity index (χ0n) is 21.2. The molecule has 1 saturated heterocycles. The quantitative estimate of drug-likeness (QED) is 0.380. The number of benzene rings is 2. The molecular formula is C26H28ClN7O4. The highest BCUT2D eigenvalue weighted by molar-refractivity contribution is 6.30. The highest BCUT2D eigenvalue weighted by Crippen LogP contribution is 2.36. The Morgan fingerprint density at radius 3 is 2.68 bits per heavy atom. The summed E-state index contributed by atoms with van der Waals surface area (Å²) >= 11 is 6.30. The number of ether oxygens (including phenoxy) is 3. The normalized spacial score (nSPS) is 16.3. The molecule has 38 heavy (non-hydrogen) atoms. The lowest BCUT2D eigenvalue weighted by Gasteiger charge is -2.40. The summed E-state index contributed by atoms with van der Waals surface area (Å²) in [6.45, 7) is 6.11. The van der Waals surface area contributed by atoms with Gasteiger partial charge in [-0.15, -0.1) is 5.10 Å². The molecule has 0 amide bonds. The van der Waals surface area contributed by atoms with E-state index in [1.807, 2.05) is 30.3 Å². The lowest BCUT2D eigenvalue weighted by atomic mass is 10.0. The summed E-state index contributed by atoms with van der Waals surface area (Å²) in [7, 11) is 1.64. The van der Waals surface area contributed by atoms with Crippen molar-refractivity contribution in [2.24, 2.45) is 0 Å². The Bertz CT molecular complexity index is 1530. The molecule has 1 unspecified atom stereocenters.